The molecule has 19 heteroatoms. The number of halogens is 2. The molecular formula is C13H11ClFN4O10P3. The smallest absolute Gasteiger partial charge is 0.383 e. The van der Waals surface area contributed by atoms with Gasteiger partial charge in [-0.15, -0.1) is 6.42 Å². The second-order valence-electron chi connectivity index (χ2n) is 6.93. The summed E-state index contributed by atoms with van der Waals surface area (Å²) in [7, 11) is -12.9. The highest BCUT2D eigenvalue weighted by Crippen LogP contribution is 2.78. The van der Waals surface area contributed by atoms with Gasteiger partial charge in [0, 0.05) is 12.6 Å². The number of hydrogen-bond acceptors (Lipinski definition) is 11. The highest BCUT2D eigenvalue weighted by atomic mass is 35.5. The SMILES string of the molecule is C#C[C@]12O[C@@H](n3cc(F)c4c(N)nc(Cl)nc43)C[C@@]1(O)C2OP1OP(=O)(O)OP(=O)(O)O1. The van der Waals surface area contributed by atoms with E-state index in [1.54, 1.807) is 0 Å². The number of ether oxygens (including phenoxy) is 1. The summed E-state index contributed by atoms with van der Waals surface area (Å²) in [6, 6.07) is 0. The van der Waals surface area contributed by atoms with Crippen LogP contribution in [0.5, 0.6) is 0 Å². The Kier molecular flexibility index (Phi) is 4.86. The molecule has 1 aliphatic carbocycles. The number of anilines is 1. The van der Waals surface area contributed by atoms with Gasteiger partial charge in [0.15, 0.2) is 17.1 Å². The van der Waals surface area contributed by atoms with Crippen molar-refractivity contribution in [2.24, 2.45) is 0 Å². The largest absolute Gasteiger partial charge is 0.488 e. The Labute approximate surface area is 183 Å². The van der Waals surface area contributed by atoms with Gasteiger partial charge in [0.2, 0.25) is 5.28 Å². The fourth-order valence-electron chi connectivity index (χ4n) is 3.74. The third-order valence-electron chi connectivity index (χ3n) is 5.06. The van der Waals surface area contributed by atoms with Gasteiger partial charge in [0.05, 0.1) is 5.39 Å². The molecule has 2 aliphatic heterocycles. The number of aliphatic hydroxyl groups is 1. The van der Waals surface area contributed by atoms with Crippen molar-refractivity contribution in [3.8, 4) is 12.3 Å². The van der Waals surface area contributed by atoms with E-state index in [2.05, 4.69) is 28.8 Å². The molecule has 5 N–H and O–H groups in total. The van der Waals surface area contributed by atoms with Crippen LogP contribution in [0.15, 0.2) is 6.20 Å². The van der Waals surface area contributed by atoms with Gasteiger partial charge in [-0.2, -0.15) is 9.29 Å². The Morgan fingerprint density at radius 3 is 2.66 bits per heavy atom. The Morgan fingerprint density at radius 2 is 2.06 bits per heavy atom. The zero-order chi connectivity index (χ0) is 23.3. The van der Waals surface area contributed by atoms with E-state index in [1.165, 1.54) is 4.57 Å². The maximum Gasteiger partial charge on any atom is 0.488 e. The first-order valence-electron chi connectivity index (χ1n) is 8.41. The number of fused-ring (bicyclic) bond motifs is 2. The molecule has 3 unspecified atom stereocenters. The van der Waals surface area contributed by atoms with Crippen LogP contribution in [0.1, 0.15) is 12.6 Å². The molecule has 0 radical (unpaired) electrons. The quantitative estimate of drug-likeness (QED) is 0.254. The monoisotopic (exact) mass is 530 g/mol. The lowest BCUT2D eigenvalue weighted by molar-refractivity contribution is -0.0349. The second kappa shape index (κ2) is 6.90. The van der Waals surface area contributed by atoms with Crippen molar-refractivity contribution in [2.75, 3.05) is 5.73 Å². The number of nitrogens with two attached hydrogens (primary N) is 1. The molecule has 0 amide bonds. The first kappa shape index (κ1) is 22.6. The van der Waals surface area contributed by atoms with Crippen LogP contribution in [0.4, 0.5) is 10.2 Å². The molecular weight excluding hydrogens is 520 g/mol. The van der Waals surface area contributed by atoms with Crippen LogP contribution in [-0.4, -0.2) is 46.7 Å². The van der Waals surface area contributed by atoms with Gasteiger partial charge < -0.3 is 34.5 Å². The Bertz CT molecular complexity index is 1280. The van der Waals surface area contributed by atoms with Crippen molar-refractivity contribution in [1.29, 1.82) is 0 Å². The number of rotatable bonds is 3. The van der Waals surface area contributed by atoms with Gasteiger partial charge in [-0.25, -0.2) is 27.1 Å². The van der Waals surface area contributed by atoms with Gasteiger partial charge in [0.25, 0.3) is 0 Å². The Balaban J connectivity index is 1.42. The summed E-state index contributed by atoms with van der Waals surface area (Å²) in [6.45, 7) is 0. The minimum atomic E-state index is -4.96. The number of nitrogen functional groups attached to an aromatic ring is 1. The summed E-state index contributed by atoms with van der Waals surface area (Å²) in [5.41, 5.74) is 1.97. The highest BCUT2D eigenvalue weighted by molar-refractivity contribution is 7.72. The molecule has 6 atom stereocenters. The first-order valence-corrected chi connectivity index (χ1v) is 12.9. The maximum absolute atomic E-state index is 14.4. The van der Waals surface area contributed by atoms with Crippen LogP contribution < -0.4 is 5.73 Å². The number of phosphoric acid groups is 2. The predicted octanol–water partition coefficient (Wildman–Crippen LogP) is 1.72. The lowest BCUT2D eigenvalue weighted by atomic mass is 10.2. The minimum absolute atomic E-state index is 0.0116. The van der Waals surface area contributed by atoms with Crippen molar-refractivity contribution < 1.29 is 50.6 Å². The molecule has 2 saturated heterocycles. The maximum atomic E-state index is 14.4. The van der Waals surface area contributed by atoms with E-state index in [1.807, 2.05) is 0 Å². The normalized spacial score (nSPS) is 43.2. The molecule has 0 spiro atoms. The van der Waals surface area contributed by atoms with Crippen LogP contribution in [0.25, 0.3) is 11.0 Å². The van der Waals surface area contributed by atoms with E-state index < -0.39 is 53.6 Å². The number of aromatic nitrogens is 3. The van der Waals surface area contributed by atoms with E-state index in [-0.39, 0.29) is 28.6 Å². The number of nitrogens with zero attached hydrogens (tertiary/aromatic N) is 3. The van der Waals surface area contributed by atoms with Gasteiger partial charge in [0.1, 0.15) is 23.8 Å². The van der Waals surface area contributed by atoms with Gasteiger partial charge >= 0.3 is 24.2 Å². The van der Waals surface area contributed by atoms with Crippen LogP contribution in [-0.2, 0) is 31.3 Å². The van der Waals surface area contributed by atoms with Crippen molar-refractivity contribution in [2.45, 2.75) is 30.0 Å². The van der Waals surface area contributed by atoms with Crippen molar-refractivity contribution >= 4 is 52.7 Å². The minimum Gasteiger partial charge on any atom is -0.383 e. The molecule has 3 aliphatic rings. The zero-order valence-corrected chi connectivity index (χ0v) is 18.7. The molecule has 1 saturated carbocycles. The third-order valence-corrected chi connectivity index (χ3v) is 9.98. The lowest BCUT2D eigenvalue weighted by Gasteiger charge is -2.27. The van der Waals surface area contributed by atoms with E-state index in [4.69, 9.17) is 33.0 Å². The molecule has 2 aromatic rings. The predicted molar refractivity (Wildman–Crippen MR) is 103 cm³/mol. The fourth-order valence-corrected chi connectivity index (χ4v) is 8.27. The van der Waals surface area contributed by atoms with Crippen LogP contribution in [0, 0.1) is 18.2 Å². The summed E-state index contributed by atoms with van der Waals surface area (Å²) in [5.74, 6) is 1.26. The number of terminal acetylenes is 1. The summed E-state index contributed by atoms with van der Waals surface area (Å²) >= 11 is 5.81. The standard InChI is InChI=1S/C13H11ClFN4O10P3/c1-2-13-10(26-30-27-31(21,22)29-32(23,24)28-30)12(13,20)3-6(25-13)19-4-5(15)7-8(16)17-11(14)18-9(7)19/h1,4,6,10,20H,3H2,(H,21,22)(H,23,24)(H2,16,17,18)/t6-,10?,12-,13-/m1/s1. The van der Waals surface area contributed by atoms with E-state index in [0.717, 1.165) is 6.20 Å². The van der Waals surface area contributed by atoms with E-state index in [9.17, 15) is 28.4 Å². The third kappa shape index (κ3) is 3.24. The first-order chi connectivity index (χ1) is 14.8. The number of hydrogen-bond donors (Lipinski definition) is 4. The van der Waals surface area contributed by atoms with Gasteiger partial charge in [-0.05, 0) is 11.6 Å². The van der Waals surface area contributed by atoms with Crippen LogP contribution in [0.3, 0.4) is 0 Å². The molecule has 32 heavy (non-hydrogen) atoms. The molecule has 5 rings (SSSR count). The molecule has 4 heterocycles. The summed E-state index contributed by atoms with van der Waals surface area (Å²) in [4.78, 5) is 26.4. The van der Waals surface area contributed by atoms with E-state index in [0.29, 0.717) is 0 Å². The highest BCUT2D eigenvalue weighted by Gasteiger charge is 2.85. The van der Waals surface area contributed by atoms with Crippen molar-refractivity contribution in [3.05, 3.63) is 17.3 Å². The zero-order valence-electron chi connectivity index (χ0n) is 15.2. The molecule has 14 nitrogen and oxygen atoms in total. The van der Waals surface area contributed by atoms with Crippen LogP contribution in [0.2, 0.25) is 5.28 Å². The summed E-state index contributed by atoms with van der Waals surface area (Å²) in [5, 5.41) is 10.7. The molecule has 0 aromatic carbocycles. The van der Waals surface area contributed by atoms with Gasteiger partial charge in [-0.3, -0.25) is 0 Å². The molecule has 2 aromatic heterocycles. The van der Waals surface area contributed by atoms with Crippen molar-refractivity contribution in [1.82, 2.24) is 14.5 Å². The fraction of sp³-hybridized carbons (Fsp3) is 0.385. The summed E-state index contributed by atoms with van der Waals surface area (Å²) < 4.78 is 62.7. The lowest BCUT2D eigenvalue weighted by Crippen LogP contribution is -2.22. The molecule has 172 valence electrons. The topological polar surface area (TPSA) is 198 Å². The average molecular weight is 531 g/mol. The van der Waals surface area contributed by atoms with Crippen LogP contribution >= 0.6 is 35.8 Å². The van der Waals surface area contributed by atoms with E-state index >= 15 is 0 Å². The van der Waals surface area contributed by atoms with Crippen molar-refractivity contribution in [3.63, 3.8) is 0 Å². The Morgan fingerprint density at radius 1 is 1.41 bits per heavy atom. The Hall–Kier alpha value is -1.23. The molecule has 3 fully saturated rings. The summed E-state index contributed by atoms with van der Waals surface area (Å²) in [6.07, 6.45) is 3.85. The molecule has 0 bridgehead atoms. The second-order valence-corrected chi connectivity index (χ2v) is 11.8. The average Bonchev–Trinajstić information content (AvgIpc) is 2.91. The van der Waals surface area contributed by atoms with Gasteiger partial charge in [-0.1, -0.05) is 5.92 Å².